The lowest BCUT2D eigenvalue weighted by atomic mass is 10.1. The fourth-order valence-electron chi connectivity index (χ4n) is 2.04. The molecule has 0 spiro atoms. The van der Waals surface area contributed by atoms with Crippen molar-refractivity contribution in [2.24, 2.45) is 0 Å². The number of nitrogens with one attached hydrogen (secondary N) is 1. The molecule has 118 valence electrons. The van der Waals surface area contributed by atoms with E-state index in [1.54, 1.807) is 6.07 Å². The van der Waals surface area contributed by atoms with Crippen molar-refractivity contribution in [1.29, 1.82) is 0 Å². The Kier molecular flexibility index (Phi) is 4.67. The molecule has 1 aliphatic heterocycles. The lowest BCUT2D eigenvalue weighted by molar-refractivity contribution is -0.360. The van der Waals surface area contributed by atoms with Crippen LogP contribution in [0, 0.1) is 0 Å². The molecular weight excluding hydrogens is 295 g/mol. The predicted molar refractivity (Wildman–Crippen MR) is 66.2 cm³/mol. The number of nitrogens with zero attached hydrogens (tertiary/aromatic N) is 1. The van der Waals surface area contributed by atoms with Gasteiger partial charge in [-0.25, -0.2) is 0 Å². The molecule has 1 aliphatic rings. The zero-order valence-corrected chi connectivity index (χ0v) is 11.1. The first-order valence-corrected chi connectivity index (χ1v) is 6.44. The molecule has 0 amide bonds. The number of para-hydroxylation sites is 1. The third kappa shape index (κ3) is 4.04. The van der Waals surface area contributed by atoms with Crippen LogP contribution in [-0.4, -0.2) is 43.4 Å². The largest absolute Gasteiger partial charge is 0.499 e. The highest BCUT2D eigenvalue weighted by Crippen LogP contribution is 2.38. The van der Waals surface area contributed by atoms with E-state index in [9.17, 15) is 22.0 Å². The highest BCUT2D eigenvalue weighted by atomic mass is 19.4. The average Bonchev–Trinajstić information content (AvgIpc) is 2.40. The maximum Gasteiger partial charge on any atom is 0.499 e. The summed E-state index contributed by atoms with van der Waals surface area (Å²) in [4.78, 5) is 1.96. The normalized spacial score (nSPS) is 17.8. The molecule has 8 heteroatoms. The van der Waals surface area contributed by atoms with E-state index >= 15 is 0 Å². The van der Waals surface area contributed by atoms with E-state index in [0.29, 0.717) is 18.7 Å². The summed E-state index contributed by atoms with van der Waals surface area (Å²) in [6, 6.07) is 5.56. The van der Waals surface area contributed by atoms with Crippen molar-refractivity contribution in [3.63, 3.8) is 0 Å². The maximum atomic E-state index is 13.0. The van der Waals surface area contributed by atoms with E-state index in [-0.39, 0.29) is 6.54 Å². The molecule has 1 aromatic carbocycles. The minimum absolute atomic E-state index is 0.270. The molecule has 3 nitrogen and oxygen atoms in total. The van der Waals surface area contributed by atoms with E-state index in [1.807, 2.05) is 4.90 Å². The monoisotopic (exact) mass is 310 g/mol. The second-order valence-corrected chi connectivity index (χ2v) is 4.75. The summed E-state index contributed by atoms with van der Waals surface area (Å²) in [5, 5.41) is 3.13. The fraction of sp³-hybridized carbons (Fsp3) is 0.538. The van der Waals surface area contributed by atoms with Crippen molar-refractivity contribution in [1.82, 2.24) is 10.2 Å². The van der Waals surface area contributed by atoms with Crippen LogP contribution >= 0.6 is 0 Å². The van der Waals surface area contributed by atoms with Crippen LogP contribution in [0.15, 0.2) is 24.3 Å². The Labute approximate surface area is 118 Å². The van der Waals surface area contributed by atoms with Crippen LogP contribution in [0.5, 0.6) is 5.75 Å². The van der Waals surface area contributed by atoms with Gasteiger partial charge in [-0.3, -0.25) is 4.90 Å². The van der Waals surface area contributed by atoms with E-state index in [2.05, 4.69) is 10.1 Å². The minimum Gasteiger partial charge on any atom is -0.425 e. The van der Waals surface area contributed by atoms with Gasteiger partial charge in [-0.2, -0.15) is 22.0 Å². The molecule has 1 N–H and O–H groups in total. The Balaban J connectivity index is 2.13. The molecule has 2 rings (SSSR count). The summed E-state index contributed by atoms with van der Waals surface area (Å²) >= 11 is 0. The van der Waals surface area contributed by atoms with Gasteiger partial charge < -0.3 is 10.1 Å². The highest BCUT2D eigenvalue weighted by Gasteiger charge is 2.61. The van der Waals surface area contributed by atoms with Crippen LogP contribution in [0.3, 0.4) is 0 Å². The minimum atomic E-state index is -5.74. The van der Waals surface area contributed by atoms with Crippen LogP contribution in [-0.2, 0) is 6.54 Å². The summed E-state index contributed by atoms with van der Waals surface area (Å²) < 4.78 is 66.6. The standard InChI is InChI=1S/C13H15F5N2O/c14-12(15,16)13(17,18)21-11-4-2-1-3-10(11)9-20-7-5-19-6-8-20/h1-4,19H,5-9H2. The Morgan fingerprint density at radius 2 is 1.67 bits per heavy atom. The van der Waals surface area contributed by atoms with Crippen LogP contribution in [0.4, 0.5) is 22.0 Å². The smallest absolute Gasteiger partial charge is 0.425 e. The van der Waals surface area contributed by atoms with E-state index in [4.69, 9.17) is 0 Å². The Bertz CT molecular complexity index is 472. The SMILES string of the molecule is FC(F)(F)C(F)(F)Oc1ccccc1CN1CCNCC1. The topological polar surface area (TPSA) is 24.5 Å². The van der Waals surface area contributed by atoms with Gasteiger partial charge in [-0.1, -0.05) is 18.2 Å². The first kappa shape index (κ1) is 16.0. The van der Waals surface area contributed by atoms with Gasteiger partial charge >= 0.3 is 12.3 Å². The van der Waals surface area contributed by atoms with Gasteiger partial charge in [0.15, 0.2) is 0 Å². The summed E-state index contributed by atoms with van der Waals surface area (Å²) in [7, 11) is 0. The van der Waals surface area contributed by atoms with Crippen molar-refractivity contribution in [3.8, 4) is 5.75 Å². The quantitative estimate of drug-likeness (QED) is 0.865. The van der Waals surface area contributed by atoms with Gasteiger partial charge in [0.25, 0.3) is 0 Å². The second-order valence-electron chi connectivity index (χ2n) is 4.75. The summed E-state index contributed by atoms with van der Waals surface area (Å²) in [6.45, 7) is 3.17. The zero-order chi connectivity index (χ0) is 15.5. The van der Waals surface area contributed by atoms with Gasteiger partial charge in [0.2, 0.25) is 0 Å². The molecule has 1 heterocycles. The van der Waals surface area contributed by atoms with Gasteiger partial charge in [0, 0.05) is 38.3 Å². The van der Waals surface area contributed by atoms with Crippen molar-refractivity contribution in [2.75, 3.05) is 26.2 Å². The number of alkyl halides is 5. The molecule has 0 saturated carbocycles. The number of halogens is 5. The highest BCUT2D eigenvalue weighted by molar-refractivity contribution is 5.33. The molecular formula is C13H15F5N2O. The third-order valence-corrected chi connectivity index (χ3v) is 3.14. The van der Waals surface area contributed by atoms with E-state index < -0.39 is 18.0 Å². The number of rotatable bonds is 4. The third-order valence-electron chi connectivity index (χ3n) is 3.14. The number of hydrogen-bond acceptors (Lipinski definition) is 3. The molecule has 1 fully saturated rings. The zero-order valence-electron chi connectivity index (χ0n) is 11.1. The van der Waals surface area contributed by atoms with Crippen molar-refractivity contribution in [3.05, 3.63) is 29.8 Å². The molecule has 0 aliphatic carbocycles. The van der Waals surface area contributed by atoms with Crippen molar-refractivity contribution >= 4 is 0 Å². The first-order valence-electron chi connectivity index (χ1n) is 6.44. The van der Waals surface area contributed by atoms with Gasteiger partial charge in [0.1, 0.15) is 5.75 Å². The lowest BCUT2D eigenvalue weighted by Gasteiger charge is -2.28. The van der Waals surface area contributed by atoms with Crippen LogP contribution < -0.4 is 10.1 Å². The molecule has 0 unspecified atom stereocenters. The van der Waals surface area contributed by atoms with Crippen molar-refractivity contribution < 1.29 is 26.7 Å². The van der Waals surface area contributed by atoms with Crippen LogP contribution in [0.2, 0.25) is 0 Å². The molecule has 1 aromatic rings. The molecule has 0 bridgehead atoms. The first-order chi connectivity index (χ1) is 9.79. The van der Waals surface area contributed by atoms with Crippen molar-refractivity contribution in [2.45, 2.75) is 18.8 Å². The second kappa shape index (κ2) is 6.15. The Hall–Kier alpha value is -1.41. The molecule has 1 saturated heterocycles. The predicted octanol–water partition coefficient (Wildman–Crippen LogP) is 2.63. The molecule has 0 aromatic heterocycles. The van der Waals surface area contributed by atoms with Gasteiger partial charge in [-0.15, -0.1) is 0 Å². The fourth-order valence-corrected chi connectivity index (χ4v) is 2.04. The molecule has 0 radical (unpaired) electrons. The van der Waals surface area contributed by atoms with E-state index in [0.717, 1.165) is 19.2 Å². The summed E-state index contributed by atoms with van der Waals surface area (Å²) in [6.07, 6.45) is -10.9. The number of ether oxygens (including phenoxy) is 1. The lowest BCUT2D eigenvalue weighted by Crippen LogP contribution is -2.43. The number of benzene rings is 1. The molecule has 21 heavy (non-hydrogen) atoms. The molecule has 0 atom stereocenters. The number of piperazine rings is 1. The Morgan fingerprint density at radius 1 is 1.05 bits per heavy atom. The van der Waals surface area contributed by atoms with Gasteiger partial charge in [0.05, 0.1) is 0 Å². The van der Waals surface area contributed by atoms with Crippen LogP contribution in [0.25, 0.3) is 0 Å². The van der Waals surface area contributed by atoms with Gasteiger partial charge in [-0.05, 0) is 6.07 Å². The average molecular weight is 310 g/mol. The van der Waals surface area contributed by atoms with Crippen LogP contribution in [0.1, 0.15) is 5.56 Å². The summed E-state index contributed by atoms with van der Waals surface area (Å²) in [5.74, 6) is -0.446. The summed E-state index contributed by atoms with van der Waals surface area (Å²) in [5.41, 5.74) is 0.309. The number of hydrogen-bond donors (Lipinski definition) is 1. The van der Waals surface area contributed by atoms with E-state index in [1.165, 1.54) is 12.1 Å². The Morgan fingerprint density at radius 3 is 2.29 bits per heavy atom. The maximum absolute atomic E-state index is 13.0.